The van der Waals surface area contributed by atoms with Gasteiger partial charge >= 0.3 is 0 Å². The molecule has 1 rings (SSSR count). The molecule has 0 atom stereocenters. The summed E-state index contributed by atoms with van der Waals surface area (Å²) in [6.07, 6.45) is 2.59. The lowest BCUT2D eigenvalue weighted by molar-refractivity contribution is 0.321. The molecule has 1 heterocycles. The smallest absolute Gasteiger partial charge is 0.199 e. The average Bonchev–Trinajstić information content (AvgIpc) is 2.47. The Morgan fingerprint density at radius 3 is 2.71 bits per heavy atom. The Morgan fingerprint density at radius 2 is 2.19 bits per heavy atom. The molecule has 0 aliphatic rings. The van der Waals surface area contributed by atoms with E-state index in [4.69, 9.17) is 15.9 Å². The summed E-state index contributed by atoms with van der Waals surface area (Å²) in [6, 6.07) is 0. The summed E-state index contributed by atoms with van der Waals surface area (Å²) in [6.45, 7) is 4.30. The molecule has 0 unspecified atom stereocenters. The number of aromatic nitrogens is 2. The largest absolute Gasteiger partial charge is 0.410 e. The fourth-order valence-corrected chi connectivity index (χ4v) is 3.45. The van der Waals surface area contributed by atoms with E-state index in [9.17, 15) is 8.42 Å². The Kier molecular flexibility index (Phi) is 7.20. The van der Waals surface area contributed by atoms with Gasteiger partial charge in [-0.25, -0.2) is 18.4 Å². The van der Waals surface area contributed by atoms with Gasteiger partial charge in [-0.3, -0.25) is 0 Å². The standard InChI is InChI=1S/C11H17ClN4O3S2/c1-3-5-13-9-11(21(18,19)6-4-2)15-8(7-14-9)10(16-17)20-12/h7,17H,3-6H2,1-2H3,(H,13,14)/b16-10-. The van der Waals surface area contributed by atoms with Gasteiger partial charge < -0.3 is 10.5 Å². The van der Waals surface area contributed by atoms with Crippen molar-refractivity contribution in [3.63, 3.8) is 0 Å². The zero-order valence-corrected chi connectivity index (χ0v) is 14.1. The van der Waals surface area contributed by atoms with Gasteiger partial charge in [-0.15, -0.1) is 0 Å². The van der Waals surface area contributed by atoms with Crippen LogP contribution < -0.4 is 5.32 Å². The molecule has 2 N–H and O–H groups in total. The molecule has 0 aliphatic carbocycles. The summed E-state index contributed by atoms with van der Waals surface area (Å²) < 4.78 is 24.6. The van der Waals surface area contributed by atoms with Crippen LogP contribution in [0.4, 0.5) is 5.82 Å². The number of nitrogens with one attached hydrogen (secondary N) is 1. The number of hydrogen-bond acceptors (Lipinski definition) is 8. The van der Waals surface area contributed by atoms with Crippen molar-refractivity contribution >= 4 is 42.4 Å². The molecule has 0 fully saturated rings. The zero-order valence-electron chi connectivity index (χ0n) is 11.7. The predicted octanol–water partition coefficient (Wildman–Crippen LogP) is 2.51. The van der Waals surface area contributed by atoms with Crippen molar-refractivity contribution in [2.24, 2.45) is 5.16 Å². The highest BCUT2D eigenvalue weighted by molar-refractivity contribution is 8.33. The van der Waals surface area contributed by atoms with Crippen molar-refractivity contribution in [1.82, 2.24) is 9.97 Å². The minimum atomic E-state index is -3.57. The molecule has 0 amide bonds. The summed E-state index contributed by atoms with van der Waals surface area (Å²) >= 11 is 0. The van der Waals surface area contributed by atoms with E-state index in [1.807, 2.05) is 6.92 Å². The van der Waals surface area contributed by atoms with E-state index in [1.54, 1.807) is 6.92 Å². The Morgan fingerprint density at radius 1 is 1.48 bits per heavy atom. The maximum absolute atomic E-state index is 12.3. The number of rotatable bonds is 7. The van der Waals surface area contributed by atoms with Crippen molar-refractivity contribution in [3.05, 3.63) is 11.9 Å². The first kappa shape index (κ1) is 18.0. The molecule has 7 nitrogen and oxygen atoms in total. The van der Waals surface area contributed by atoms with E-state index in [-0.39, 0.29) is 27.3 Å². The van der Waals surface area contributed by atoms with Crippen LogP contribution in [0, 0.1) is 0 Å². The Hall–Kier alpha value is -1.06. The first-order chi connectivity index (χ1) is 10.00. The second kappa shape index (κ2) is 8.40. The topological polar surface area (TPSA) is 105 Å². The molecule has 0 saturated carbocycles. The zero-order chi connectivity index (χ0) is 15.9. The first-order valence-electron chi connectivity index (χ1n) is 6.34. The molecule has 0 aliphatic heterocycles. The molecule has 0 bridgehead atoms. The van der Waals surface area contributed by atoms with Gasteiger partial charge in [0.1, 0.15) is 5.69 Å². The highest BCUT2D eigenvalue weighted by Crippen LogP contribution is 2.22. The van der Waals surface area contributed by atoms with Crippen molar-refractivity contribution in [3.8, 4) is 0 Å². The van der Waals surface area contributed by atoms with Crippen LogP contribution in [0.2, 0.25) is 0 Å². The molecule has 0 aromatic carbocycles. The Labute approximate surface area is 132 Å². The van der Waals surface area contributed by atoms with Gasteiger partial charge in [0.05, 0.1) is 11.9 Å². The van der Waals surface area contributed by atoms with Gasteiger partial charge in [-0.1, -0.05) is 19.0 Å². The number of nitrogens with zero attached hydrogens (tertiary/aromatic N) is 3. The monoisotopic (exact) mass is 352 g/mol. The van der Waals surface area contributed by atoms with Crippen LogP contribution in [0.1, 0.15) is 32.4 Å². The normalized spacial score (nSPS) is 12.4. The van der Waals surface area contributed by atoms with E-state index in [2.05, 4.69) is 20.4 Å². The number of oxime groups is 1. The molecular weight excluding hydrogens is 336 g/mol. The van der Waals surface area contributed by atoms with Gasteiger partial charge in [0.25, 0.3) is 0 Å². The molecule has 1 aromatic rings. The molecule has 0 saturated heterocycles. The second-order valence-electron chi connectivity index (χ2n) is 4.14. The highest BCUT2D eigenvalue weighted by Gasteiger charge is 2.23. The quantitative estimate of drug-likeness (QED) is 0.336. The van der Waals surface area contributed by atoms with Crippen LogP contribution in [-0.2, 0) is 9.84 Å². The Bertz CT molecular complexity index is 607. The summed E-state index contributed by atoms with van der Waals surface area (Å²) in [7, 11) is 2.61. The van der Waals surface area contributed by atoms with Crippen molar-refractivity contribution in [2.45, 2.75) is 31.7 Å². The van der Waals surface area contributed by atoms with E-state index < -0.39 is 9.84 Å². The van der Waals surface area contributed by atoms with E-state index >= 15 is 0 Å². The van der Waals surface area contributed by atoms with Crippen LogP contribution in [0.15, 0.2) is 16.4 Å². The molecule has 1 aromatic heterocycles. The van der Waals surface area contributed by atoms with Gasteiger partial charge in [0.2, 0.25) is 0 Å². The maximum Gasteiger partial charge on any atom is 0.199 e. The number of anilines is 1. The summed E-state index contributed by atoms with van der Waals surface area (Å²) in [4.78, 5) is 8.11. The number of sulfone groups is 1. The minimum Gasteiger partial charge on any atom is -0.410 e. The number of hydrogen-bond donors (Lipinski definition) is 2. The third-order valence-corrected chi connectivity index (χ3v) is 5.13. The molecule has 10 heteroatoms. The van der Waals surface area contributed by atoms with E-state index in [0.717, 1.165) is 6.42 Å². The van der Waals surface area contributed by atoms with Crippen molar-refractivity contribution in [2.75, 3.05) is 17.6 Å². The van der Waals surface area contributed by atoms with Crippen LogP contribution in [0.25, 0.3) is 0 Å². The summed E-state index contributed by atoms with van der Waals surface area (Å²) in [5.41, 5.74) is 0.106. The predicted molar refractivity (Wildman–Crippen MR) is 84.9 cm³/mol. The van der Waals surface area contributed by atoms with Crippen LogP contribution in [0.3, 0.4) is 0 Å². The fourth-order valence-electron chi connectivity index (χ4n) is 1.53. The second-order valence-corrected chi connectivity index (χ2v) is 7.17. The van der Waals surface area contributed by atoms with Gasteiger partial charge in [0, 0.05) is 17.5 Å². The van der Waals surface area contributed by atoms with E-state index in [0.29, 0.717) is 23.9 Å². The summed E-state index contributed by atoms with van der Waals surface area (Å²) in [5.74, 6) is 0.164. The van der Waals surface area contributed by atoms with E-state index in [1.165, 1.54) is 6.20 Å². The molecule has 21 heavy (non-hydrogen) atoms. The lowest BCUT2D eigenvalue weighted by Crippen LogP contribution is -2.16. The maximum atomic E-state index is 12.3. The third-order valence-electron chi connectivity index (χ3n) is 2.43. The molecule has 0 spiro atoms. The van der Waals surface area contributed by atoms with Crippen LogP contribution >= 0.6 is 21.7 Å². The van der Waals surface area contributed by atoms with Crippen LogP contribution in [-0.4, -0.2) is 40.9 Å². The van der Waals surface area contributed by atoms with Crippen molar-refractivity contribution in [1.29, 1.82) is 0 Å². The first-order valence-corrected chi connectivity index (χ1v) is 9.64. The number of halogens is 1. The average molecular weight is 353 g/mol. The van der Waals surface area contributed by atoms with Gasteiger partial charge in [-0.2, -0.15) is 0 Å². The van der Waals surface area contributed by atoms with Gasteiger partial charge in [0.15, 0.2) is 25.7 Å². The fraction of sp³-hybridized carbons (Fsp3) is 0.545. The molecule has 0 radical (unpaired) electrons. The van der Waals surface area contributed by atoms with Crippen molar-refractivity contribution < 1.29 is 13.6 Å². The van der Waals surface area contributed by atoms with Gasteiger partial charge in [-0.05, 0) is 23.5 Å². The lowest BCUT2D eigenvalue weighted by atomic mass is 10.4. The SMILES string of the molecule is CCCNc1ncc(/C(=N/O)SCl)nc1S(=O)(=O)CCC. The molecule has 118 valence electrons. The molecular formula is C11H17ClN4O3S2. The lowest BCUT2D eigenvalue weighted by Gasteiger charge is -2.11. The highest BCUT2D eigenvalue weighted by atomic mass is 35.7. The third kappa shape index (κ3) is 4.72. The summed E-state index contributed by atoms with van der Waals surface area (Å²) in [5, 5.41) is 14.6. The minimum absolute atomic E-state index is 0.0147. The van der Waals surface area contributed by atoms with Crippen LogP contribution in [0.5, 0.6) is 0 Å². The Balaban J connectivity index is 3.35.